The molecule has 0 aliphatic heterocycles. The van der Waals surface area contributed by atoms with Crippen molar-refractivity contribution in [1.29, 1.82) is 0 Å². The third kappa shape index (κ3) is 2.18. The van der Waals surface area contributed by atoms with E-state index in [-0.39, 0.29) is 0 Å². The normalized spacial score (nSPS) is 11.0. The molecule has 1 aromatic heterocycles. The zero-order valence-corrected chi connectivity index (χ0v) is 12.8. The van der Waals surface area contributed by atoms with Gasteiger partial charge < -0.3 is 10.5 Å². The van der Waals surface area contributed by atoms with E-state index in [0.29, 0.717) is 11.4 Å². The Labute approximate surface area is 134 Å². The van der Waals surface area contributed by atoms with E-state index in [1.54, 1.807) is 7.11 Å². The maximum atomic E-state index is 5.97. The number of anilines is 1. The van der Waals surface area contributed by atoms with Crippen molar-refractivity contribution in [2.75, 3.05) is 12.8 Å². The molecule has 0 saturated heterocycles. The van der Waals surface area contributed by atoms with Gasteiger partial charge in [-0.2, -0.15) is 0 Å². The summed E-state index contributed by atoms with van der Waals surface area (Å²) in [6, 6.07) is 22.3. The third-order valence-electron chi connectivity index (χ3n) is 4.11. The Balaban J connectivity index is 2.15. The van der Waals surface area contributed by atoms with Crippen LogP contribution in [0.15, 0.2) is 66.7 Å². The molecule has 112 valence electrons. The SMILES string of the molecule is COc1cc(-c2c3ccccc3nc3ccccc23)ccc1N. The summed E-state index contributed by atoms with van der Waals surface area (Å²) in [6.07, 6.45) is 0. The third-order valence-corrected chi connectivity index (χ3v) is 4.11. The summed E-state index contributed by atoms with van der Waals surface area (Å²) in [5.74, 6) is 0.687. The topological polar surface area (TPSA) is 48.1 Å². The van der Waals surface area contributed by atoms with Crippen LogP contribution in [0.1, 0.15) is 0 Å². The van der Waals surface area contributed by atoms with E-state index in [1.807, 2.05) is 54.6 Å². The Morgan fingerprint density at radius 3 is 2.04 bits per heavy atom. The van der Waals surface area contributed by atoms with Crippen LogP contribution in [0.5, 0.6) is 5.75 Å². The van der Waals surface area contributed by atoms with E-state index < -0.39 is 0 Å². The van der Waals surface area contributed by atoms with Crippen molar-refractivity contribution in [2.24, 2.45) is 0 Å². The lowest BCUT2D eigenvalue weighted by molar-refractivity contribution is 0.417. The molecule has 1 heterocycles. The molecule has 0 atom stereocenters. The van der Waals surface area contributed by atoms with Crippen LogP contribution >= 0.6 is 0 Å². The molecule has 0 aliphatic rings. The molecular weight excluding hydrogens is 284 g/mol. The van der Waals surface area contributed by atoms with Crippen LogP contribution < -0.4 is 10.5 Å². The quantitative estimate of drug-likeness (QED) is 0.433. The first-order valence-electron chi connectivity index (χ1n) is 7.49. The summed E-state index contributed by atoms with van der Waals surface area (Å²) in [5.41, 5.74) is 10.8. The second-order valence-corrected chi connectivity index (χ2v) is 5.48. The van der Waals surface area contributed by atoms with Gasteiger partial charge in [0.1, 0.15) is 5.75 Å². The molecule has 0 bridgehead atoms. The van der Waals surface area contributed by atoms with Crippen LogP contribution in [-0.4, -0.2) is 12.1 Å². The Morgan fingerprint density at radius 2 is 1.43 bits per heavy atom. The van der Waals surface area contributed by atoms with Crippen LogP contribution in [0.4, 0.5) is 5.69 Å². The minimum atomic E-state index is 0.638. The molecule has 4 aromatic rings. The molecule has 0 aliphatic carbocycles. The summed E-state index contributed by atoms with van der Waals surface area (Å²) in [4.78, 5) is 4.77. The monoisotopic (exact) mass is 300 g/mol. The first kappa shape index (κ1) is 13.6. The fraction of sp³-hybridized carbons (Fsp3) is 0.0500. The van der Waals surface area contributed by atoms with E-state index in [2.05, 4.69) is 12.1 Å². The first-order chi connectivity index (χ1) is 11.3. The van der Waals surface area contributed by atoms with E-state index in [1.165, 1.54) is 0 Å². The Bertz CT molecular complexity index is 970. The van der Waals surface area contributed by atoms with E-state index >= 15 is 0 Å². The number of nitrogens with two attached hydrogens (primary N) is 1. The van der Waals surface area contributed by atoms with Crippen LogP contribution in [0, 0.1) is 0 Å². The number of fused-ring (bicyclic) bond motifs is 2. The number of hydrogen-bond donors (Lipinski definition) is 1. The van der Waals surface area contributed by atoms with Crippen molar-refractivity contribution in [3.05, 3.63) is 66.7 Å². The average molecular weight is 300 g/mol. The van der Waals surface area contributed by atoms with Gasteiger partial charge in [0.25, 0.3) is 0 Å². The summed E-state index contributed by atoms with van der Waals surface area (Å²) in [7, 11) is 1.64. The average Bonchev–Trinajstić information content (AvgIpc) is 2.60. The highest BCUT2D eigenvalue weighted by molar-refractivity contribution is 6.09. The fourth-order valence-electron chi connectivity index (χ4n) is 3.02. The molecule has 4 rings (SSSR count). The number of benzene rings is 3. The molecule has 0 fully saturated rings. The smallest absolute Gasteiger partial charge is 0.142 e. The van der Waals surface area contributed by atoms with Crippen LogP contribution in [-0.2, 0) is 0 Å². The number of aromatic nitrogens is 1. The Hall–Kier alpha value is -3.07. The lowest BCUT2D eigenvalue weighted by atomic mass is 9.96. The molecule has 0 unspecified atom stereocenters. The van der Waals surface area contributed by atoms with Gasteiger partial charge in [-0.1, -0.05) is 42.5 Å². The summed E-state index contributed by atoms with van der Waals surface area (Å²) < 4.78 is 5.39. The molecule has 0 radical (unpaired) electrons. The van der Waals surface area contributed by atoms with Crippen molar-refractivity contribution < 1.29 is 4.74 Å². The van der Waals surface area contributed by atoms with Crippen molar-refractivity contribution in [2.45, 2.75) is 0 Å². The highest BCUT2D eigenvalue weighted by Crippen LogP contribution is 2.37. The number of methoxy groups -OCH3 is 1. The Morgan fingerprint density at radius 1 is 0.826 bits per heavy atom. The van der Waals surface area contributed by atoms with Crippen molar-refractivity contribution in [3.63, 3.8) is 0 Å². The maximum Gasteiger partial charge on any atom is 0.142 e. The molecule has 3 heteroatoms. The minimum Gasteiger partial charge on any atom is -0.495 e. The molecular formula is C20H16N2O. The molecule has 3 nitrogen and oxygen atoms in total. The van der Waals surface area contributed by atoms with Gasteiger partial charge in [0.15, 0.2) is 0 Å². The molecule has 3 aromatic carbocycles. The lowest BCUT2D eigenvalue weighted by Gasteiger charge is -2.13. The van der Waals surface area contributed by atoms with E-state index in [4.69, 9.17) is 15.5 Å². The molecule has 0 amide bonds. The van der Waals surface area contributed by atoms with Gasteiger partial charge in [0.2, 0.25) is 0 Å². The molecule has 0 saturated carbocycles. The largest absolute Gasteiger partial charge is 0.495 e. The van der Waals surface area contributed by atoms with Gasteiger partial charge in [-0.15, -0.1) is 0 Å². The number of pyridine rings is 1. The molecule has 0 spiro atoms. The minimum absolute atomic E-state index is 0.638. The zero-order valence-electron chi connectivity index (χ0n) is 12.8. The van der Waals surface area contributed by atoms with Crippen LogP contribution in [0.3, 0.4) is 0 Å². The number of nitrogen functional groups attached to an aromatic ring is 1. The van der Waals surface area contributed by atoms with Crippen molar-refractivity contribution >= 4 is 27.5 Å². The number of rotatable bonds is 2. The van der Waals surface area contributed by atoms with Crippen molar-refractivity contribution in [3.8, 4) is 16.9 Å². The second-order valence-electron chi connectivity index (χ2n) is 5.48. The summed E-state index contributed by atoms with van der Waals surface area (Å²) in [5, 5.41) is 2.25. The lowest BCUT2D eigenvalue weighted by Crippen LogP contribution is -1.94. The van der Waals surface area contributed by atoms with E-state index in [9.17, 15) is 0 Å². The van der Waals surface area contributed by atoms with Gasteiger partial charge in [0, 0.05) is 16.3 Å². The van der Waals surface area contributed by atoms with Gasteiger partial charge in [0.05, 0.1) is 23.8 Å². The van der Waals surface area contributed by atoms with Crippen LogP contribution in [0.2, 0.25) is 0 Å². The standard InChI is InChI=1S/C20H16N2O/c1-23-19-12-13(10-11-16(19)21)20-14-6-2-4-8-17(14)22-18-9-5-3-7-15(18)20/h2-12H,21H2,1H3. The summed E-state index contributed by atoms with van der Waals surface area (Å²) in [6.45, 7) is 0. The predicted molar refractivity (Wildman–Crippen MR) is 95.6 cm³/mol. The number of nitrogens with zero attached hydrogens (tertiary/aromatic N) is 1. The first-order valence-corrected chi connectivity index (χ1v) is 7.49. The number of ether oxygens (including phenoxy) is 1. The Kier molecular flexibility index (Phi) is 3.12. The van der Waals surface area contributed by atoms with E-state index in [0.717, 1.165) is 32.9 Å². The maximum absolute atomic E-state index is 5.97. The molecule has 23 heavy (non-hydrogen) atoms. The zero-order chi connectivity index (χ0) is 15.8. The highest BCUT2D eigenvalue weighted by Gasteiger charge is 2.12. The van der Waals surface area contributed by atoms with Crippen LogP contribution in [0.25, 0.3) is 32.9 Å². The van der Waals surface area contributed by atoms with Gasteiger partial charge in [-0.05, 0) is 29.8 Å². The summed E-state index contributed by atoms with van der Waals surface area (Å²) >= 11 is 0. The highest BCUT2D eigenvalue weighted by atomic mass is 16.5. The fourth-order valence-corrected chi connectivity index (χ4v) is 3.02. The number of hydrogen-bond acceptors (Lipinski definition) is 3. The van der Waals surface area contributed by atoms with Crippen molar-refractivity contribution in [1.82, 2.24) is 4.98 Å². The predicted octanol–water partition coefficient (Wildman–Crippen LogP) is 4.65. The van der Waals surface area contributed by atoms with Gasteiger partial charge in [-0.3, -0.25) is 0 Å². The van der Waals surface area contributed by atoms with Gasteiger partial charge >= 0.3 is 0 Å². The number of para-hydroxylation sites is 2. The molecule has 2 N–H and O–H groups in total. The second kappa shape index (κ2) is 5.29. The van der Waals surface area contributed by atoms with Gasteiger partial charge in [-0.25, -0.2) is 4.98 Å².